The van der Waals surface area contributed by atoms with Crippen molar-refractivity contribution in [3.8, 4) is 11.3 Å². The minimum atomic E-state index is -0.0959. The molecule has 0 aliphatic carbocycles. The van der Waals surface area contributed by atoms with Gasteiger partial charge in [-0.3, -0.25) is 9.59 Å². The van der Waals surface area contributed by atoms with Gasteiger partial charge < -0.3 is 19.5 Å². The molecule has 172 valence electrons. The Labute approximate surface area is 192 Å². The minimum absolute atomic E-state index is 0.0510. The van der Waals surface area contributed by atoms with Crippen molar-refractivity contribution in [3.05, 3.63) is 34.8 Å². The van der Waals surface area contributed by atoms with E-state index in [0.29, 0.717) is 37.6 Å². The quantitative estimate of drug-likeness (QED) is 0.715. The van der Waals surface area contributed by atoms with Crippen LogP contribution in [0.3, 0.4) is 0 Å². The molecule has 2 aliphatic heterocycles. The van der Waals surface area contributed by atoms with Crippen molar-refractivity contribution in [2.45, 2.75) is 52.7 Å². The third kappa shape index (κ3) is 4.46. The highest BCUT2D eigenvalue weighted by atomic mass is 31.0. The second-order valence-corrected chi connectivity index (χ2v) is 9.69. The standard InChI is InChI=1S/C24H33N4O3P/c1-14-5-6-28-19(12-18-13-27(16(3)29)7-8-31-18)23(26-21(28)9-14)22-15(2)10-17(11-20(22)32)24(30)25-4/h10-11,14,18H,5-9,12-13,32H2,1-4H3,(H,25,30)/t14?,18-/m0/s1. The number of imidazole rings is 1. The summed E-state index contributed by atoms with van der Waals surface area (Å²) in [6.45, 7) is 8.69. The molecular formula is C24H33N4O3P. The van der Waals surface area contributed by atoms with Gasteiger partial charge in [-0.15, -0.1) is 9.24 Å². The van der Waals surface area contributed by atoms with Crippen LogP contribution >= 0.6 is 9.24 Å². The molecule has 1 aromatic carbocycles. The lowest BCUT2D eigenvalue weighted by Gasteiger charge is -2.33. The maximum atomic E-state index is 12.2. The number of nitrogens with zero attached hydrogens (tertiary/aromatic N) is 3. The molecule has 32 heavy (non-hydrogen) atoms. The Hall–Kier alpha value is -2.24. The number of ether oxygens (including phenoxy) is 1. The van der Waals surface area contributed by atoms with Crippen LogP contribution in [0.25, 0.3) is 11.3 Å². The molecule has 2 aliphatic rings. The van der Waals surface area contributed by atoms with Gasteiger partial charge in [0, 0.05) is 63.3 Å². The number of benzene rings is 1. The molecule has 0 bridgehead atoms. The first-order chi connectivity index (χ1) is 15.3. The highest BCUT2D eigenvalue weighted by Gasteiger charge is 2.30. The van der Waals surface area contributed by atoms with E-state index in [9.17, 15) is 9.59 Å². The molecular weight excluding hydrogens is 423 g/mol. The lowest BCUT2D eigenvalue weighted by Crippen LogP contribution is -2.45. The molecule has 1 aromatic heterocycles. The maximum absolute atomic E-state index is 12.2. The Morgan fingerprint density at radius 2 is 2.09 bits per heavy atom. The van der Waals surface area contributed by atoms with Gasteiger partial charge in [0.15, 0.2) is 0 Å². The third-order valence-electron chi connectivity index (χ3n) is 6.63. The van der Waals surface area contributed by atoms with Crippen LogP contribution in [-0.2, 0) is 28.9 Å². The molecule has 1 N–H and O–H groups in total. The Morgan fingerprint density at radius 3 is 2.78 bits per heavy atom. The number of nitrogens with one attached hydrogen (secondary N) is 1. The maximum Gasteiger partial charge on any atom is 0.251 e. The van der Waals surface area contributed by atoms with Crippen LogP contribution in [0.15, 0.2) is 12.1 Å². The van der Waals surface area contributed by atoms with Crippen LogP contribution in [-0.4, -0.2) is 59.1 Å². The highest BCUT2D eigenvalue weighted by Crippen LogP contribution is 2.33. The lowest BCUT2D eigenvalue weighted by molar-refractivity contribution is -0.136. The molecule has 7 nitrogen and oxygen atoms in total. The average molecular weight is 457 g/mol. The van der Waals surface area contributed by atoms with E-state index < -0.39 is 0 Å². The van der Waals surface area contributed by atoms with Gasteiger partial charge in [0.2, 0.25) is 5.91 Å². The summed E-state index contributed by atoms with van der Waals surface area (Å²) in [5, 5.41) is 3.66. The Bertz CT molecular complexity index is 1030. The molecule has 3 atom stereocenters. The Morgan fingerprint density at radius 1 is 1.31 bits per heavy atom. The van der Waals surface area contributed by atoms with Gasteiger partial charge in [-0.1, -0.05) is 6.92 Å². The van der Waals surface area contributed by atoms with Crippen molar-refractivity contribution in [1.29, 1.82) is 0 Å². The zero-order valence-electron chi connectivity index (χ0n) is 19.4. The molecule has 3 heterocycles. The van der Waals surface area contributed by atoms with E-state index in [1.165, 1.54) is 5.69 Å². The largest absolute Gasteiger partial charge is 0.374 e. The lowest BCUT2D eigenvalue weighted by atomic mass is 9.98. The van der Waals surface area contributed by atoms with Gasteiger partial charge >= 0.3 is 0 Å². The Kier molecular flexibility index (Phi) is 6.68. The number of carbonyl (C=O) groups is 2. The molecule has 1 saturated heterocycles. The monoisotopic (exact) mass is 456 g/mol. The summed E-state index contributed by atoms with van der Waals surface area (Å²) in [4.78, 5) is 31.1. The normalized spacial score (nSPS) is 20.7. The molecule has 4 rings (SSSR count). The van der Waals surface area contributed by atoms with Crippen LogP contribution in [0, 0.1) is 12.8 Å². The van der Waals surface area contributed by atoms with Crippen LogP contribution < -0.4 is 10.6 Å². The minimum Gasteiger partial charge on any atom is -0.374 e. The fourth-order valence-electron chi connectivity index (χ4n) is 4.89. The fourth-order valence-corrected chi connectivity index (χ4v) is 5.43. The molecule has 0 spiro atoms. The van der Waals surface area contributed by atoms with Gasteiger partial charge in [-0.2, -0.15) is 0 Å². The first-order valence-corrected chi connectivity index (χ1v) is 11.9. The molecule has 2 amide bonds. The molecule has 8 heteroatoms. The summed E-state index contributed by atoms with van der Waals surface area (Å²) in [7, 11) is 4.43. The smallest absolute Gasteiger partial charge is 0.251 e. The topological polar surface area (TPSA) is 76.5 Å². The van der Waals surface area contributed by atoms with Gasteiger partial charge in [-0.25, -0.2) is 4.98 Å². The van der Waals surface area contributed by atoms with Crippen LogP contribution in [0.5, 0.6) is 0 Å². The van der Waals surface area contributed by atoms with Crippen molar-refractivity contribution in [2.75, 3.05) is 26.7 Å². The fraction of sp³-hybridized carbons (Fsp3) is 0.542. The van der Waals surface area contributed by atoms with Crippen molar-refractivity contribution in [2.24, 2.45) is 5.92 Å². The first kappa shape index (κ1) is 22.9. The second-order valence-electron chi connectivity index (χ2n) is 9.07. The van der Waals surface area contributed by atoms with Crippen LogP contribution in [0.2, 0.25) is 0 Å². The Balaban J connectivity index is 1.76. The predicted molar refractivity (Wildman–Crippen MR) is 128 cm³/mol. The third-order valence-corrected chi connectivity index (χ3v) is 7.08. The molecule has 2 aromatic rings. The van der Waals surface area contributed by atoms with E-state index >= 15 is 0 Å². The van der Waals surface area contributed by atoms with Crippen molar-refractivity contribution < 1.29 is 14.3 Å². The number of rotatable bonds is 4. The van der Waals surface area contributed by atoms with Gasteiger partial charge in [0.25, 0.3) is 5.91 Å². The molecule has 2 unspecified atom stereocenters. The SMILES string of the molecule is CNC(=O)c1cc(C)c(-c2nc3n(c2C[C@H]2CN(C(C)=O)CCO2)CCC(C)C3)c(P)c1. The zero-order chi connectivity index (χ0) is 23.0. The number of hydrogen-bond acceptors (Lipinski definition) is 4. The van der Waals surface area contributed by atoms with E-state index in [2.05, 4.69) is 26.0 Å². The number of fused-ring (bicyclic) bond motifs is 1. The number of hydrogen-bond donors (Lipinski definition) is 1. The predicted octanol–water partition coefficient (Wildman–Crippen LogP) is 2.09. The summed E-state index contributed by atoms with van der Waals surface area (Å²) >= 11 is 0. The van der Waals surface area contributed by atoms with E-state index in [-0.39, 0.29) is 17.9 Å². The average Bonchev–Trinajstić information content (AvgIpc) is 3.09. The van der Waals surface area contributed by atoms with Crippen molar-refractivity contribution in [1.82, 2.24) is 19.8 Å². The first-order valence-electron chi connectivity index (χ1n) is 11.4. The zero-order valence-corrected chi connectivity index (χ0v) is 20.6. The summed E-state index contributed by atoms with van der Waals surface area (Å²) in [5.41, 5.74) is 4.87. The molecule has 0 saturated carbocycles. The molecule has 1 fully saturated rings. The number of morpholine rings is 1. The second kappa shape index (κ2) is 9.32. The summed E-state index contributed by atoms with van der Waals surface area (Å²) in [6.07, 6.45) is 2.74. The summed E-state index contributed by atoms with van der Waals surface area (Å²) in [5.74, 6) is 1.72. The number of amides is 2. The highest BCUT2D eigenvalue weighted by molar-refractivity contribution is 7.28. The van der Waals surface area contributed by atoms with Gasteiger partial charge in [-0.05, 0) is 42.3 Å². The van der Waals surface area contributed by atoms with E-state index in [1.54, 1.807) is 14.0 Å². The van der Waals surface area contributed by atoms with E-state index in [0.717, 1.165) is 47.3 Å². The number of aromatic nitrogens is 2. The molecule has 0 radical (unpaired) electrons. The summed E-state index contributed by atoms with van der Waals surface area (Å²) < 4.78 is 8.43. The summed E-state index contributed by atoms with van der Waals surface area (Å²) in [6, 6.07) is 3.84. The van der Waals surface area contributed by atoms with E-state index in [1.807, 2.05) is 24.0 Å². The van der Waals surface area contributed by atoms with Crippen molar-refractivity contribution >= 4 is 26.4 Å². The number of aryl methyl sites for hydroxylation is 1. The van der Waals surface area contributed by atoms with E-state index in [4.69, 9.17) is 9.72 Å². The van der Waals surface area contributed by atoms with Crippen LogP contribution in [0.1, 0.15) is 47.7 Å². The van der Waals surface area contributed by atoms with Crippen molar-refractivity contribution in [3.63, 3.8) is 0 Å². The van der Waals surface area contributed by atoms with Crippen LogP contribution in [0.4, 0.5) is 0 Å². The number of carbonyl (C=O) groups excluding carboxylic acids is 2. The van der Waals surface area contributed by atoms with Gasteiger partial charge in [0.05, 0.1) is 18.4 Å². The van der Waals surface area contributed by atoms with Gasteiger partial charge in [0.1, 0.15) is 5.82 Å².